The van der Waals surface area contributed by atoms with Gasteiger partial charge in [-0.05, 0) is 26.5 Å². The van der Waals surface area contributed by atoms with Crippen LogP contribution in [-0.2, 0) is 11.3 Å². The molecule has 2 rings (SSSR count). The zero-order valence-corrected chi connectivity index (χ0v) is 15.1. The van der Waals surface area contributed by atoms with Gasteiger partial charge >= 0.3 is 6.03 Å². The lowest BCUT2D eigenvalue weighted by Gasteiger charge is -2.30. The highest BCUT2D eigenvalue weighted by molar-refractivity contribution is 5.74. The molecule has 25 heavy (non-hydrogen) atoms. The van der Waals surface area contributed by atoms with E-state index in [-0.39, 0.29) is 31.3 Å². The molecule has 1 aliphatic rings. The number of carbonyl (C=O) groups excluding carboxylic acids is 1. The Labute approximate surface area is 149 Å². The second-order valence-corrected chi connectivity index (χ2v) is 6.79. The van der Waals surface area contributed by atoms with Gasteiger partial charge in [-0.15, -0.1) is 0 Å². The van der Waals surface area contributed by atoms with Crippen LogP contribution in [-0.4, -0.2) is 71.7 Å². The fourth-order valence-electron chi connectivity index (χ4n) is 3.17. The fourth-order valence-corrected chi connectivity index (χ4v) is 3.17. The van der Waals surface area contributed by atoms with Crippen molar-refractivity contribution in [3.63, 3.8) is 0 Å². The Morgan fingerprint density at radius 2 is 1.96 bits per heavy atom. The minimum absolute atomic E-state index is 0.0387. The number of rotatable bonds is 7. The average molecular weight is 351 g/mol. The lowest BCUT2D eigenvalue weighted by atomic mass is 10.0. The molecule has 1 heterocycles. The van der Waals surface area contributed by atoms with Gasteiger partial charge in [-0.1, -0.05) is 30.3 Å². The van der Waals surface area contributed by atoms with Crippen molar-refractivity contribution >= 4 is 6.03 Å². The first kappa shape index (κ1) is 19.7. The van der Waals surface area contributed by atoms with E-state index in [9.17, 15) is 15.0 Å². The molecule has 0 saturated carbocycles. The number of likely N-dealkylation sites (N-methyl/N-ethyl adjacent to an activating group) is 1. The number of benzene rings is 1. The van der Waals surface area contributed by atoms with E-state index in [1.807, 2.05) is 56.1 Å². The molecule has 0 spiro atoms. The molecule has 140 valence electrons. The summed E-state index contributed by atoms with van der Waals surface area (Å²) >= 11 is 0. The third-order valence-electron chi connectivity index (χ3n) is 4.31. The molecule has 4 unspecified atom stereocenters. The highest BCUT2D eigenvalue weighted by Gasteiger charge is 2.45. The van der Waals surface area contributed by atoms with E-state index in [0.717, 1.165) is 5.56 Å². The Morgan fingerprint density at radius 3 is 2.56 bits per heavy atom. The predicted octanol–water partition coefficient (Wildman–Crippen LogP) is 0.315. The van der Waals surface area contributed by atoms with Crippen LogP contribution >= 0.6 is 0 Å². The number of carbonyl (C=O) groups is 1. The third-order valence-corrected chi connectivity index (χ3v) is 4.31. The number of aliphatic hydroxyl groups excluding tert-OH is 2. The number of nitrogens with one attached hydrogen (secondary N) is 2. The molecule has 0 bridgehead atoms. The molecular weight excluding hydrogens is 322 g/mol. The van der Waals surface area contributed by atoms with Gasteiger partial charge in [0.05, 0.1) is 18.8 Å². The number of amides is 2. The summed E-state index contributed by atoms with van der Waals surface area (Å²) in [5.74, 6) is 0. The topological polar surface area (TPSA) is 94.1 Å². The van der Waals surface area contributed by atoms with E-state index in [4.69, 9.17) is 4.74 Å². The van der Waals surface area contributed by atoms with E-state index >= 15 is 0 Å². The number of ether oxygens (including phenoxy) is 1. The van der Waals surface area contributed by atoms with Crippen LogP contribution in [0.5, 0.6) is 0 Å². The minimum Gasteiger partial charge on any atom is -0.394 e. The van der Waals surface area contributed by atoms with Crippen LogP contribution in [0.25, 0.3) is 0 Å². The first-order valence-electron chi connectivity index (χ1n) is 8.65. The van der Waals surface area contributed by atoms with Crippen LogP contribution in [0.1, 0.15) is 19.4 Å². The lowest BCUT2D eigenvalue weighted by Crippen LogP contribution is -2.50. The van der Waals surface area contributed by atoms with Gasteiger partial charge in [-0.3, -0.25) is 4.90 Å². The van der Waals surface area contributed by atoms with Gasteiger partial charge in [0.2, 0.25) is 0 Å². The molecule has 1 aromatic rings. The van der Waals surface area contributed by atoms with E-state index in [0.29, 0.717) is 6.54 Å². The SMILES string of the molecule is CC(C)NC(=O)NCC1OC(CO)C(O)C1N(C)Cc1ccccc1. The quantitative estimate of drug-likeness (QED) is 0.567. The molecule has 0 radical (unpaired) electrons. The van der Waals surface area contributed by atoms with E-state index in [1.54, 1.807) is 0 Å². The van der Waals surface area contributed by atoms with Crippen LogP contribution < -0.4 is 10.6 Å². The first-order valence-corrected chi connectivity index (χ1v) is 8.65. The highest BCUT2D eigenvalue weighted by atomic mass is 16.5. The number of aliphatic hydroxyl groups is 2. The third kappa shape index (κ3) is 5.40. The standard InChI is InChI=1S/C18H29N3O4/c1-12(2)20-18(24)19-9-14-16(17(23)15(11-22)25-14)21(3)10-13-7-5-4-6-8-13/h4-8,12,14-17,22-23H,9-11H2,1-3H3,(H2,19,20,24). The molecule has 4 atom stereocenters. The maximum Gasteiger partial charge on any atom is 0.315 e. The number of hydrogen-bond acceptors (Lipinski definition) is 5. The van der Waals surface area contributed by atoms with Gasteiger partial charge in [0.15, 0.2) is 0 Å². The summed E-state index contributed by atoms with van der Waals surface area (Å²) in [6, 6.07) is 9.38. The van der Waals surface area contributed by atoms with E-state index in [2.05, 4.69) is 10.6 Å². The smallest absolute Gasteiger partial charge is 0.315 e. The molecule has 2 amide bonds. The summed E-state index contributed by atoms with van der Waals surface area (Å²) in [7, 11) is 1.91. The summed E-state index contributed by atoms with van der Waals surface area (Å²) in [5.41, 5.74) is 1.12. The highest BCUT2D eigenvalue weighted by Crippen LogP contribution is 2.26. The molecule has 7 heteroatoms. The second-order valence-electron chi connectivity index (χ2n) is 6.79. The van der Waals surface area contributed by atoms with Crippen molar-refractivity contribution in [1.29, 1.82) is 0 Å². The molecule has 0 aromatic heterocycles. The van der Waals surface area contributed by atoms with Crippen LogP contribution in [0.15, 0.2) is 30.3 Å². The largest absolute Gasteiger partial charge is 0.394 e. The number of urea groups is 1. The molecule has 1 saturated heterocycles. The summed E-state index contributed by atoms with van der Waals surface area (Å²) in [4.78, 5) is 13.8. The Morgan fingerprint density at radius 1 is 1.28 bits per heavy atom. The Balaban J connectivity index is 2.01. The van der Waals surface area contributed by atoms with E-state index < -0.39 is 18.3 Å². The number of hydrogen-bond donors (Lipinski definition) is 4. The molecule has 0 aliphatic carbocycles. The zero-order valence-electron chi connectivity index (χ0n) is 15.1. The van der Waals surface area contributed by atoms with E-state index in [1.165, 1.54) is 0 Å². The molecule has 7 nitrogen and oxygen atoms in total. The first-order chi connectivity index (χ1) is 11.9. The maximum absolute atomic E-state index is 11.8. The molecule has 4 N–H and O–H groups in total. The monoisotopic (exact) mass is 351 g/mol. The van der Waals surface area contributed by atoms with Crippen molar-refractivity contribution < 1.29 is 19.7 Å². The van der Waals surface area contributed by atoms with Gasteiger partial charge in [0.25, 0.3) is 0 Å². The minimum atomic E-state index is -0.821. The number of nitrogens with zero attached hydrogens (tertiary/aromatic N) is 1. The van der Waals surface area contributed by atoms with Crippen molar-refractivity contribution in [1.82, 2.24) is 15.5 Å². The maximum atomic E-state index is 11.8. The Bertz CT molecular complexity index is 540. The lowest BCUT2D eigenvalue weighted by molar-refractivity contribution is -0.0206. The van der Waals surface area contributed by atoms with Gasteiger partial charge in [0.1, 0.15) is 12.2 Å². The summed E-state index contributed by atoms with van der Waals surface area (Å²) < 4.78 is 5.77. The van der Waals surface area contributed by atoms with Crippen LogP contribution in [0, 0.1) is 0 Å². The average Bonchev–Trinajstić information content (AvgIpc) is 2.89. The molecular formula is C18H29N3O4. The Kier molecular flexibility index (Phi) is 7.19. The Hall–Kier alpha value is -1.67. The van der Waals surface area contributed by atoms with Crippen LogP contribution in [0.4, 0.5) is 4.79 Å². The summed E-state index contributed by atoms with van der Waals surface area (Å²) in [5, 5.41) is 25.5. The zero-order chi connectivity index (χ0) is 18.4. The van der Waals surface area contributed by atoms with Gasteiger partial charge < -0.3 is 25.6 Å². The normalized spacial score (nSPS) is 26.2. The van der Waals surface area contributed by atoms with Crippen molar-refractivity contribution in [2.45, 2.75) is 50.8 Å². The van der Waals surface area contributed by atoms with Crippen molar-refractivity contribution in [3.8, 4) is 0 Å². The van der Waals surface area contributed by atoms with Crippen molar-refractivity contribution in [3.05, 3.63) is 35.9 Å². The van der Waals surface area contributed by atoms with Crippen molar-refractivity contribution in [2.75, 3.05) is 20.2 Å². The van der Waals surface area contributed by atoms with Crippen molar-refractivity contribution in [2.24, 2.45) is 0 Å². The van der Waals surface area contributed by atoms with Gasteiger partial charge in [-0.2, -0.15) is 0 Å². The second kappa shape index (κ2) is 9.15. The predicted molar refractivity (Wildman–Crippen MR) is 95.1 cm³/mol. The van der Waals surface area contributed by atoms with Crippen LogP contribution in [0.2, 0.25) is 0 Å². The van der Waals surface area contributed by atoms with Gasteiger partial charge in [0, 0.05) is 19.1 Å². The molecule has 1 fully saturated rings. The summed E-state index contributed by atoms with van der Waals surface area (Å²) in [6.07, 6.45) is -1.87. The molecule has 1 aliphatic heterocycles. The fraction of sp³-hybridized carbons (Fsp3) is 0.611. The molecule has 1 aromatic carbocycles. The summed E-state index contributed by atoms with van der Waals surface area (Å²) in [6.45, 7) is 4.40. The van der Waals surface area contributed by atoms with Gasteiger partial charge in [-0.25, -0.2) is 4.79 Å². The van der Waals surface area contributed by atoms with Crippen LogP contribution in [0.3, 0.4) is 0 Å².